The van der Waals surface area contributed by atoms with Crippen LogP contribution in [-0.4, -0.2) is 12.4 Å². The molecule has 1 aromatic carbocycles. The number of rotatable bonds is 2. The van der Waals surface area contributed by atoms with E-state index < -0.39 is 0 Å². The van der Waals surface area contributed by atoms with Crippen LogP contribution in [0, 0.1) is 0 Å². The molecule has 0 aromatic heterocycles. The lowest BCUT2D eigenvalue weighted by molar-refractivity contribution is 0.0983. The van der Waals surface area contributed by atoms with Crippen molar-refractivity contribution >= 4 is 5.78 Å². The summed E-state index contributed by atoms with van der Waals surface area (Å²) in [5, 5.41) is 0. The lowest BCUT2D eigenvalue weighted by Gasteiger charge is -2.07. The van der Waals surface area contributed by atoms with E-state index in [0.29, 0.717) is 13.0 Å². The predicted octanol–water partition coefficient (Wildman–Crippen LogP) is 2.99. The van der Waals surface area contributed by atoms with Crippen molar-refractivity contribution in [2.45, 2.75) is 32.6 Å². The highest BCUT2D eigenvalue weighted by Gasteiger charge is 2.16. The number of ketones is 1. The first kappa shape index (κ1) is 10.2. The Kier molecular flexibility index (Phi) is 3.05. The second-order valence-corrected chi connectivity index (χ2v) is 3.96. The summed E-state index contributed by atoms with van der Waals surface area (Å²) in [4.78, 5) is 11.8. The number of aryl methyl sites for hydroxylation is 1. The van der Waals surface area contributed by atoms with Crippen LogP contribution < -0.4 is 4.74 Å². The molecule has 0 fully saturated rings. The number of hydrogen-bond acceptors (Lipinski definition) is 2. The van der Waals surface area contributed by atoms with Gasteiger partial charge in [-0.15, -0.1) is 0 Å². The fraction of sp³-hybridized carbons (Fsp3) is 0.462. The average Bonchev–Trinajstić information content (AvgIpc) is 2.42. The maximum absolute atomic E-state index is 11.8. The maximum Gasteiger partial charge on any atom is 0.166 e. The Morgan fingerprint density at radius 1 is 1.40 bits per heavy atom. The number of fused-ring (bicyclic) bond motifs is 1. The van der Waals surface area contributed by atoms with E-state index in [4.69, 9.17) is 4.74 Å². The zero-order chi connectivity index (χ0) is 10.7. The third-order valence-electron chi connectivity index (χ3n) is 2.69. The van der Waals surface area contributed by atoms with Gasteiger partial charge in [0, 0.05) is 6.42 Å². The smallest absolute Gasteiger partial charge is 0.166 e. The van der Waals surface area contributed by atoms with Crippen LogP contribution >= 0.6 is 0 Å². The van der Waals surface area contributed by atoms with E-state index in [0.717, 1.165) is 30.6 Å². The molecule has 0 atom stereocenters. The molecule has 1 aliphatic rings. The second kappa shape index (κ2) is 4.47. The van der Waals surface area contributed by atoms with Crippen molar-refractivity contribution in [1.29, 1.82) is 0 Å². The van der Waals surface area contributed by atoms with Gasteiger partial charge in [-0.1, -0.05) is 19.4 Å². The monoisotopic (exact) mass is 204 g/mol. The van der Waals surface area contributed by atoms with Crippen LogP contribution in [0.4, 0.5) is 0 Å². The van der Waals surface area contributed by atoms with Gasteiger partial charge in [0.15, 0.2) is 5.78 Å². The van der Waals surface area contributed by atoms with Gasteiger partial charge in [0.05, 0.1) is 12.2 Å². The molecule has 1 heterocycles. The van der Waals surface area contributed by atoms with Crippen LogP contribution in [0.5, 0.6) is 5.75 Å². The van der Waals surface area contributed by atoms with Crippen LogP contribution in [0.2, 0.25) is 0 Å². The summed E-state index contributed by atoms with van der Waals surface area (Å²) in [5.74, 6) is 0.984. The van der Waals surface area contributed by atoms with Crippen molar-refractivity contribution in [3.8, 4) is 5.75 Å². The van der Waals surface area contributed by atoms with E-state index in [-0.39, 0.29) is 5.78 Å². The first-order chi connectivity index (χ1) is 7.31. The Hall–Kier alpha value is -1.31. The molecule has 0 bridgehead atoms. The van der Waals surface area contributed by atoms with Gasteiger partial charge in [0.1, 0.15) is 5.75 Å². The van der Waals surface area contributed by atoms with Gasteiger partial charge in [-0.05, 0) is 30.5 Å². The topological polar surface area (TPSA) is 26.3 Å². The fourth-order valence-corrected chi connectivity index (χ4v) is 1.91. The lowest BCUT2D eigenvalue weighted by Crippen LogP contribution is -1.99. The fourth-order valence-electron chi connectivity index (χ4n) is 1.91. The number of carbonyl (C=O) groups is 1. The van der Waals surface area contributed by atoms with Gasteiger partial charge in [-0.25, -0.2) is 0 Å². The summed E-state index contributed by atoms with van der Waals surface area (Å²) in [5.41, 5.74) is 2.01. The minimum absolute atomic E-state index is 0.223. The van der Waals surface area contributed by atoms with Crippen molar-refractivity contribution in [2.24, 2.45) is 0 Å². The number of hydrogen-bond donors (Lipinski definition) is 0. The van der Waals surface area contributed by atoms with Gasteiger partial charge >= 0.3 is 0 Å². The van der Waals surface area contributed by atoms with Crippen molar-refractivity contribution < 1.29 is 9.53 Å². The predicted molar refractivity (Wildman–Crippen MR) is 59.5 cm³/mol. The quantitative estimate of drug-likeness (QED) is 0.740. The van der Waals surface area contributed by atoms with E-state index >= 15 is 0 Å². The molecule has 0 unspecified atom stereocenters. The maximum atomic E-state index is 11.8. The van der Waals surface area contributed by atoms with Crippen molar-refractivity contribution in [1.82, 2.24) is 0 Å². The molecule has 2 rings (SSSR count). The van der Waals surface area contributed by atoms with E-state index in [1.54, 1.807) is 0 Å². The molecule has 15 heavy (non-hydrogen) atoms. The van der Waals surface area contributed by atoms with E-state index in [9.17, 15) is 4.79 Å². The molecule has 0 saturated heterocycles. The first-order valence-electron chi connectivity index (χ1n) is 5.60. The zero-order valence-electron chi connectivity index (χ0n) is 9.08. The SMILES string of the molecule is CCCc1ccc2c(c1)C(=O)CCCO2. The second-order valence-electron chi connectivity index (χ2n) is 3.96. The molecule has 0 aliphatic carbocycles. The third kappa shape index (κ3) is 2.20. The summed E-state index contributed by atoms with van der Waals surface area (Å²) in [7, 11) is 0. The summed E-state index contributed by atoms with van der Waals surface area (Å²) in [6.45, 7) is 2.80. The summed E-state index contributed by atoms with van der Waals surface area (Å²) in [6, 6.07) is 5.98. The van der Waals surface area contributed by atoms with E-state index in [1.807, 2.05) is 12.1 Å². The van der Waals surface area contributed by atoms with Crippen LogP contribution in [0.3, 0.4) is 0 Å². The van der Waals surface area contributed by atoms with Crippen LogP contribution in [0.25, 0.3) is 0 Å². The van der Waals surface area contributed by atoms with Crippen LogP contribution in [-0.2, 0) is 6.42 Å². The Morgan fingerprint density at radius 2 is 2.27 bits per heavy atom. The summed E-state index contributed by atoms with van der Waals surface area (Å²) in [6.07, 6.45) is 3.58. The Balaban J connectivity index is 2.35. The molecule has 0 spiro atoms. The van der Waals surface area contributed by atoms with Gasteiger partial charge in [0.2, 0.25) is 0 Å². The van der Waals surface area contributed by atoms with Gasteiger partial charge in [-0.2, -0.15) is 0 Å². The van der Waals surface area contributed by atoms with Crippen molar-refractivity contribution in [3.05, 3.63) is 29.3 Å². The normalized spacial score (nSPS) is 15.4. The molecular weight excluding hydrogens is 188 g/mol. The highest BCUT2D eigenvalue weighted by Crippen LogP contribution is 2.25. The highest BCUT2D eigenvalue weighted by molar-refractivity contribution is 5.99. The number of ether oxygens (including phenoxy) is 1. The molecular formula is C13H16O2. The molecule has 2 heteroatoms. The largest absolute Gasteiger partial charge is 0.493 e. The Labute approximate surface area is 90.3 Å². The molecule has 80 valence electrons. The number of Topliss-reactive ketones (excluding diaryl/α,β-unsaturated/α-hetero) is 1. The number of carbonyl (C=O) groups excluding carboxylic acids is 1. The molecule has 1 aromatic rings. The van der Waals surface area contributed by atoms with Crippen LogP contribution in [0.1, 0.15) is 42.1 Å². The molecule has 0 saturated carbocycles. The van der Waals surface area contributed by atoms with Crippen molar-refractivity contribution in [3.63, 3.8) is 0 Å². The summed E-state index contributed by atoms with van der Waals surface area (Å²) < 4.78 is 5.53. The third-order valence-corrected chi connectivity index (χ3v) is 2.69. The lowest BCUT2D eigenvalue weighted by atomic mass is 10.0. The molecule has 1 aliphatic heterocycles. The van der Waals surface area contributed by atoms with Crippen molar-refractivity contribution in [2.75, 3.05) is 6.61 Å². The van der Waals surface area contributed by atoms with E-state index in [1.165, 1.54) is 5.56 Å². The van der Waals surface area contributed by atoms with Gasteiger partial charge < -0.3 is 4.74 Å². The molecule has 2 nitrogen and oxygen atoms in total. The average molecular weight is 204 g/mol. The standard InChI is InChI=1S/C13H16O2/c1-2-4-10-6-7-13-11(9-10)12(14)5-3-8-15-13/h6-7,9H,2-5,8H2,1H3. The zero-order valence-corrected chi connectivity index (χ0v) is 9.08. The minimum atomic E-state index is 0.223. The Morgan fingerprint density at radius 3 is 3.07 bits per heavy atom. The van der Waals surface area contributed by atoms with Gasteiger partial charge in [-0.3, -0.25) is 4.79 Å². The Bertz CT molecular complexity index is 369. The van der Waals surface area contributed by atoms with E-state index in [2.05, 4.69) is 13.0 Å². The molecule has 0 amide bonds. The van der Waals surface area contributed by atoms with Gasteiger partial charge in [0.25, 0.3) is 0 Å². The first-order valence-corrected chi connectivity index (χ1v) is 5.60. The minimum Gasteiger partial charge on any atom is -0.493 e. The highest BCUT2D eigenvalue weighted by atomic mass is 16.5. The van der Waals surface area contributed by atoms with Crippen LogP contribution in [0.15, 0.2) is 18.2 Å². The molecule has 0 radical (unpaired) electrons. The number of benzene rings is 1. The molecule has 0 N–H and O–H groups in total. The summed E-state index contributed by atoms with van der Waals surface area (Å²) >= 11 is 0.